The molecule has 1 atom stereocenters. The van der Waals surface area contributed by atoms with Crippen molar-refractivity contribution in [1.82, 2.24) is 4.90 Å². The number of rotatable bonds is 1. The van der Waals surface area contributed by atoms with Gasteiger partial charge in [-0.15, -0.1) is 0 Å². The largest absolute Gasteiger partial charge is 0.487 e. The minimum atomic E-state index is -0.463. The highest BCUT2D eigenvalue weighted by Crippen LogP contribution is 2.37. The van der Waals surface area contributed by atoms with E-state index in [-0.39, 0.29) is 30.5 Å². The first-order valence-corrected chi connectivity index (χ1v) is 8.85. The van der Waals surface area contributed by atoms with E-state index < -0.39 is 5.60 Å². The zero-order valence-corrected chi connectivity index (χ0v) is 16.4. The summed E-state index contributed by atoms with van der Waals surface area (Å²) in [5.41, 5.74) is 0.172. The Hall–Kier alpha value is -1.01. The van der Waals surface area contributed by atoms with Crippen molar-refractivity contribution in [3.63, 3.8) is 0 Å². The van der Waals surface area contributed by atoms with Crippen molar-refractivity contribution in [2.45, 2.75) is 91.1 Å². The van der Waals surface area contributed by atoms with Gasteiger partial charge in [-0.25, -0.2) is 4.79 Å². The highest BCUT2D eigenvalue weighted by molar-refractivity contribution is 6.51. The molecule has 2 aliphatic rings. The number of hydrogen-bond acceptors (Lipinski definition) is 4. The molecule has 0 bridgehead atoms. The van der Waals surface area contributed by atoms with Crippen LogP contribution in [0.1, 0.15) is 68.2 Å². The SMILES string of the molecule is CC1C/C(=C/B2OC(C)(C)C(C)(C)O2)CCN1C(=O)OC(C)(C)C. The Kier molecular flexibility index (Phi) is 5.13. The van der Waals surface area contributed by atoms with Crippen LogP contribution < -0.4 is 0 Å². The third-order valence-corrected chi connectivity index (χ3v) is 5.03. The summed E-state index contributed by atoms with van der Waals surface area (Å²) >= 11 is 0. The van der Waals surface area contributed by atoms with E-state index in [2.05, 4.69) is 40.6 Å². The topological polar surface area (TPSA) is 48.0 Å². The van der Waals surface area contributed by atoms with Crippen LogP contribution in [0.4, 0.5) is 4.79 Å². The lowest BCUT2D eigenvalue weighted by molar-refractivity contribution is 0.00578. The summed E-state index contributed by atoms with van der Waals surface area (Å²) in [6.07, 6.45) is 1.42. The summed E-state index contributed by atoms with van der Waals surface area (Å²) in [4.78, 5) is 14.1. The van der Waals surface area contributed by atoms with E-state index in [0.29, 0.717) is 6.54 Å². The van der Waals surface area contributed by atoms with Gasteiger partial charge in [-0.3, -0.25) is 0 Å². The molecule has 2 rings (SSSR count). The van der Waals surface area contributed by atoms with Gasteiger partial charge in [0.1, 0.15) is 5.60 Å². The lowest BCUT2D eigenvalue weighted by Crippen LogP contribution is -2.45. The van der Waals surface area contributed by atoms with E-state index >= 15 is 0 Å². The first-order valence-electron chi connectivity index (χ1n) is 8.85. The van der Waals surface area contributed by atoms with Crippen LogP contribution in [-0.2, 0) is 14.0 Å². The summed E-state index contributed by atoms with van der Waals surface area (Å²) in [5.74, 6) is 2.08. The predicted octanol–water partition coefficient (Wildman–Crippen LogP) is 3.96. The number of nitrogens with zero attached hydrogens (tertiary/aromatic N) is 1. The summed E-state index contributed by atoms with van der Waals surface area (Å²) < 4.78 is 17.6. The number of carbonyl (C=O) groups excluding carboxylic acids is 1. The van der Waals surface area contributed by atoms with Gasteiger partial charge in [0, 0.05) is 12.6 Å². The Labute approximate surface area is 146 Å². The van der Waals surface area contributed by atoms with Gasteiger partial charge in [0.25, 0.3) is 0 Å². The van der Waals surface area contributed by atoms with E-state index in [1.54, 1.807) is 0 Å². The smallest absolute Gasteiger partial charge is 0.444 e. The average molecular weight is 337 g/mol. The van der Waals surface area contributed by atoms with Crippen molar-refractivity contribution < 1.29 is 18.8 Å². The third kappa shape index (κ3) is 4.34. The van der Waals surface area contributed by atoms with Crippen molar-refractivity contribution in [2.24, 2.45) is 0 Å². The lowest BCUT2D eigenvalue weighted by Gasteiger charge is -2.36. The number of amides is 1. The molecule has 0 aromatic rings. The number of hydrogen-bond donors (Lipinski definition) is 0. The molecule has 0 radical (unpaired) electrons. The van der Waals surface area contributed by atoms with Gasteiger partial charge in [0.15, 0.2) is 0 Å². The number of ether oxygens (including phenoxy) is 1. The van der Waals surface area contributed by atoms with Crippen molar-refractivity contribution in [3.8, 4) is 0 Å². The molecule has 0 spiro atoms. The van der Waals surface area contributed by atoms with Crippen molar-refractivity contribution in [1.29, 1.82) is 0 Å². The summed E-state index contributed by atoms with van der Waals surface area (Å²) in [6.45, 7) is 16.6. The standard InChI is InChI=1S/C18H32BNO4/c1-13-11-14(9-10-20(13)15(21)22-16(2,3)4)12-19-23-17(5,6)18(7,8)24-19/h12-13H,9-11H2,1-8H3/b14-12+. The van der Waals surface area contributed by atoms with Crippen LogP contribution in [0, 0.1) is 0 Å². The molecule has 2 saturated heterocycles. The summed E-state index contributed by atoms with van der Waals surface area (Å²) in [7, 11) is -0.315. The van der Waals surface area contributed by atoms with Crippen LogP contribution in [0.25, 0.3) is 0 Å². The van der Waals surface area contributed by atoms with E-state index in [1.165, 1.54) is 5.57 Å². The molecule has 0 saturated carbocycles. The molecule has 1 unspecified atom stereocenters. The Morgan fingerprint density at radius 2 is 1.79 bits per heavy atom. The number of carbonyl (C=O) groups is 1. The van der Waals surface area contributed by atoms with Gasteiger partial charge in [-0.1, -0.05) is 11.5 Å². The third-order valence-electron chi connectivity index (χ3n) is 5.03. The summed E-state index contributed by atoms with van der Waals surface area (Å²) in [5, 5.41) is 0. The van der Waals surface area contributed by atoms with Gasteiger partial charge in [0.05, 0.1) is 11.2 Å². The molecule has 0 aromatic carbocycles. The molecule has 2 aliphatic heterocycles. The van der Waals surface area contributed by atoms with Crippen LogP contribution in [0.3, 0.4) is 0 Å². The maximum Gasteiger partial charge on any atom is 0.487 e. The Morgan fingerprint density at radius 3 is 2.25 bits per heavy atom. The normalized spacial score (nSPS) is 28.3. The molecule has 24 heavy (non-hydrogen) atoms. The monoisotopic (exact) mass is 337 g/mol. The molecule has 1 amide bonds. The molecule has 0 aromatic heterocycles. The molecule has 2 fully saturated rings. The fourth-order valence-corrected chi connectivity index (χ4v) is 2.97. The van der Waals surface area contributed by atoms with Crippen LogP contribution >= 0.6 is 0 Å². The Balaban J connectivity index is 1.97. The maximum atomic E-state index is 12.3. The maximum absolute atomic E-state index is 12.3. The highest BCUT2D eigenvalue weighted by Gasteiger charge is 2.50. The Bertz CT molecular complexity index is 506. The molecular weight excluding hydrogens is 305 g/mol. The van der Waals surface area contributed by atoms with E-state index in [0.717, 1.165) is 12.8 Å². The molecule has 2 heterocycles. The zero-order valence-electron chi connectivity index (χ0n) is 16.4. The van der Waals surface area contributed by atoms with E-state index in [4.69, 9.17) is 14.0 Å². The van der Waals surface area contributed by atoms with Crippen molar-refractivity contribution in [2.75, 3.05) is 6.54 Å². The predicted molar refractivity (Wildman–Crippen MR) is 95.8 cm³/mol. The van der Waals surface area contributed by atoms with Crippen molar-refractivity contribution in [3.05, 3.63) is 11.5 Å². The zero-order chi connectivity index (χ0) is 18.3. The first-order chi connectivity index (χ1) is 10.8. The first kappa shape index (κ1) is 19.3. The van der Waals surface area contributed by atoms with Crippen LogP contribution in [-0.4, -0.2) is 47.5 Å². The number of piperidine rings is 1. The van der Waals surface area contributed by atoms with E-state index in [1.807, 2.05) is 25.7 Å². The highest BCUT2D eigenvalue weighted by atomic mass is 16.7. The second kappa shape index (κ2) is 6.38. The van der Waals surface area contributed by atoms with Crippen LogP contribution in [0.2, 0.25) is 0 Å². The fourth-order valence-electron chi connectivity index (χ4n) is 2.97. The molecule has 0 N–H and O–H groups in total. The average Bonchev–Trinajstić information content (AvgIpc) is 2.54. The van der Waals surface area contributed by atoms with Gasteiger partial charge < -0.3 is 18.9 Å². The molecule has 0 aliphatic carbocycles. The van der Waals surface area contributed by atoms with Gasteiger partial charge in [-0.2, -0.15) is 0 Å². The molecule has 5 nitrogen and oxygen atoms in total. The second-order valence-corrected chi connectivity index (χ2v) is 8.93. The molecule has 136 valence electrons. The van der Waals surface area contributed by atoms with Gasteiger partial charge in [0.2, 0.25) is 0 Å². The lowest BCUT2D eigenvalue weighted by atomic mass is 9.83. The molecule has 6 heteroatoms. The quantitative estimate of drug-likeness (QED) is 0.680. The molecular formula is C18H32BNO4. The second-order valence-electron chi connectivity index (χ2n) is 8.93. The van der Waals surface area contributed by atoms with Crippen LogP contribution in [0.15, 0.2) is 11.5 Å². The minimum Gasteiger partial charge on any atom is -0.444 e. The van der Waals surface area contributed by atoms with Crippen molar-refractivity contribution >= 4 is 13.2 Å². The minimum absolute atomic E-state index is 0.113. The van der Waals surface area contributed by atoms with Gasteiger partial charge in [-0.05, 0) is 68.2 Å². The summed E-state index contributed by atoms with van der Waals surface area (Å²) in [6, 6.07) is 0.113. The fraction of sp³-hybridized carbons (Fsp3) is 0.833. The Morgan fingerprint density at radius 1 is 1.25 bits per heavy atom. The van der Waals surface area contributed by atoms with Gasteiger partial charge >= 0.3 is 13.2 Å². The van der Waals surface area contributed by atoms with E-state index in [9.17, 15) is 4.79 Å². The number of likely N-dealkylation sites (tertiary alicyclic amines) is 1. The van der Waals surface area contributed by atoms with Crippen LogP contribution in [0.5, 0.6) is 0 Å².